The van der Waals surface area contributed by atoms with Crippen molar-refractivity contribution in [2.24, 2.45) is 0 Å². The van der Waals surface area contributed by atoms with E-state index in [4.69, 9.17) is 0 Å². The summed E-state index contributed by atoms with van der Waals surface area (Å²) in [5, 5.41) is 4.42. The second-order valence-electron chi connectivity index (χ2n) is 3.56. The predicted molar refractivity (Wildman–Crippen MR) is 65.0 cm³/mol. The van der Waals surface area contributed by atoms with Gasteiger partial charge in [0.2, 0.25) is 0 Å². The van der Waals surface area contributed by atoms with E-state index in [1.165, 1.54) is 0 Å². The number of para-hydroxylation sites is 1. The maximum Gasteiger partial charge on any atom is 0.127 e. The molecule has 0 saturated carbocycles. The molecular weight excluding hydrogens is 184 g/mol. The first-order valence-corrected chi connectivity index (χ1v) is 5.04. The number of hydrogen-bond donors (Lipinski definition) is 1. The van der Waals surface area contributed by atoms with Crippen molar-refractivity contribution in [1.82, 2.24) is 4.98 Å². The van der Waals surface area contributed by atoms with Gasteiger partial charge in [-0.15, -0.1) is 6.58 Å². The monoisotopic (exact) mass is 198 g/mol. The van der Waals surface area contributed by atoms with E-state index in [1.807, 2.05) is 37.3 Å². The second-order valence-corrected chi connectivity index (χ2v) is 3.56. The molecule has 0 fully saturated rings. The third-order valence-electron chi connectivity index (χ3n) is 2.33. The van der Waals surface area contributed by atoms with Crippen LogP contribution in [-0.4, -0.2) is 11.0 Å². The molecule has 1 atom stereocenters. The van der Waals surface area contributed by atoms with Crippen LogP contribution in [0.25, 0.3) is 10.9 Å². The van der Waals surface area contributed by atoms with Gasteiger partial charge in [-0.2, -0.15) is 0 Å². The van der Waals surface area contributed by atoms with Crippen LogP contribution in [0.3, 0.4) is 0 Å². The average molecular weight is 198 g/mol. The molecule has 0 radical (unpaired) electrons. The van der Waals surface area contributed by atoms with E-state index >= 15 is 0 Å². The molecule has 2 nitrogen and oxygen atoms in total. The third kappa shape index (κ3) is 2.15. The van der Waals surface area contributed by atoms with E-state index in [2.05, 4.69) is 29.0 Å². The smallest absolute Gasteiger partial charge is 0.127 e. The number of aromatic nitrogens is 1. The molecule has 2 heteroatoms. The molecule has 0 aliphatic rings. The first kappa shape index (κ1) is 9.71. The lowest BCUT2D eigenvalue weighted by Gasteiger charge is -2.10. The molecule has 2 rings (SSSR count). The first-order valence-electron chi connectivity index (χ1n) is 5.04. The van der Waals surface area contributed by atoms with Crippen LogP contribution in [0.15, 0.2) is 49.1 Å². The van der Waals surface area contributed by atoms with Crippen LogP contribution in [0.2, 0.25) is 0 Å². The van der Waals surface area contributed by atoms with E-state index in [1.54, 1.807) is 0 Å². The van der Waals surface area contributed by atoms with Crippen molar-refractivity contribution in [3.05, 3.63) is 49.1 Å². The highest BCUT2D eigenvalue weighted by Gasteiger charge is 1.99. The summed E-state index contributed by atoms with van der Waals surface area (Å²) in [4.78, 5) is 4.50. The summed E-state index contributed by atoms with van der Waals surface area (Å²) in [5.41, 5.74) is 1.01. The second kappa shape index (κ2) is 4.13. The number of nitrogens with one attached hydrogen (secondary N) is 1. The van der Waals surface area contributed by atoms with Gasteiger partial charge in [0.05, 0.1) is 5.52 Å². The van der Waals surface area contributed by atoms with E-state index in [-0.39, 0.29) is 6.04 Å². The summed E-state index contributed by atoms with van der Waals surface area (Å²) in [6, 6.07) is 12.4. The summed E-state index contributed by atoms with van der Waals surface area (Å²) in [5.74, 6) is 0.890. The molecule has 0 amide bonds. The summed E-state index contributed by atoms with van der Waals surface area (Å²) in [6.45, 7) is 5.77. The minimum absolute atomic E-state index is 0.235. The Morgan fingerprint density at radius 2 is 2.07 bits per heavy atom. The quantitative estimate of drug-likeness (QED) is 0.766. The number of pyridine rings is 1. The molecule has 76 valence electrons. The van der Waals surface area contributed by atoms with Crippen molar-refractivity contribution in [3.8, 4) is 0 Å². The van der Waals surface area contributed by atoms with Gasteiger partial charge in [-0.05, 0) is 25.1 Å². The minimum Gasteiger partial charge on any atom is -0.364 e. The molecule has 0 spiro atoms. The van der Waals surface area contributed by atoms with Gasteiger partial charge >= 0.3 is 0 Å². The summed E-state index contributed by atoms with van der Waals surface area (Å²) >= 11 is 0. The minimum atomic E-state index is 0.235. The van der Waals surface area contributed by atoms with Gasteiger partial charge in [0, 0.05) is 11.4 Å². The van der Waals surface area contributed by atoms with Gasteiger partial charge in [0.1, 0.15) is 5.82 Å². The zero-order chi connectivity index (χ0) is 10.7. The summed E-state index contributed by atoms with van der Waals surface area (Å²) in [7, 11) is 0. The highest BCUT2D eigenvalue weighted by atomic mass is 15.0. The van der Waals surface area contributed by atoms with E-state index < -0.39 is 0 Å². The van der Waals surface area contributed by atoms with Gasteiger partial charge in [-0.3, -0.25) is 0 Å². The summed E-state index contributed by atoms with van der Waals surface area (Å²) < 4.78 is 0. The van der Waals surface area contributed by atoms with Crippen LogP contribution < -0.4 is 5.32 Å². The van der Waals surface area contributed by atoms with Crippen LogP contribution in [0, 0.1) is 0 Å². The van der Waals surface area contributed by atoms with E-state index in [9.17, 15) is 0 Å². The predicted octanol–water partition coefficient (Wildman–Crippen LogP) is 3.22. The Morgan fingerprint density at radius 3 is 2.87 bits per heavy atom. The fourth-order valence-electron chi connectivity index (χ4n) is 1.44. The molecule has 0 bridgehead atoms. The van der Waals surface area contributed by atoms with Crippen LogP contribution in [0.4, 0.5) is 5.82 Å². The lowest BCUT2D eigenvalue weighted by Crippen LogP contribution is -2.12. The number of hydrogen-bond acceptors (Lipinski definition) is 2. The van der Waals surface area contributed by atoms with Crippen molar-refractivity contribution in [1.29, 1.82) is 0 Å². The zero-order valence-corrected chi connectivity index (χ0v) is 8.77. The van der Waals surface area contributed by atoms with Gasteiger partial charge in [0.15, 0.2) is 0 Å². The number of benzene rings is 1. The third-order valence-corrected chi connectivity index (χ3v) is 2.33. The number of nitrogens with zero attached hydrogens (tertiary/aromatic N) is 1. The van der Waals surface area contributed by atoms with E-state index in [0.717, 1.165) is 16.7 Å². The molecule has 2 aromatic rings. The number of anilines is 1. The molecule has 15 heavy (non-hydrogen) atoms. The fraction of sp³-hybridized carbons (Fsp3) is 0.154. The van der Waals surface area contributed by atoms with Gasteiger partial charge < -0.3 is 5.32 Å². The lowest BCUT2D eigenvalue weighted by atomic mass is 10.2. The fourth-order valence-corrected chi connectivity index (χ4v) is 1.44. The standard InChI is InChI=1S/C13H14N2/c1-3-10(2)14-13-9-8-11-6-4-5-7-12(11)15-13/h3-10H,1H2,2H3,(H,14,15). The molecule has 1 N–H and O–H groups in total. The highest BCUT2D eigenvalue weighted by Crippen LogP contribution is 2.14. The molecule has 1 aromatic carbocycles. The zero-order valence-electron chi connectivity index (χ0n) is 8.77. The van der Waals surface area contributed by atoms with Crippen molar-refractivity contribution in [2.45, 2.75) is 13.0 Å². The highest BCUT2D eigenvalue weighted by molar-refractivity contribution is 5.80. The van der Waals surface area contributed by atoms with Crippen LogP contribution in [0.1, 0.15) is 6.92 Å². The molecule has 1 heterocycles. The topological polar surface area (TPSA) is 24.9 Å². The largest absolute Gasteiger partial charge is 0.364 e. The van der Waals surface area contributed by atoms with Crippen LogP contribution >= 0.6 is 0 Å². The Bertz CT molecular complexity index is 477. The van der Waals surface area contributed by atoms with Crippen molar-refractivity contribution >= 4 is 16.7 Å². The molecule has 0 aliphatic heterocycles. The van der Waals surface area contributed by atoms with Crippen molar-refractivity contribution in [3.63, 3.8) is 0 Å². The normalized spacial score (nSPS) is 12.3. The van der Waals surface area contributed by atoms with Gasteiger partial charge in [0.25, 0.3) is 0 Å². The van der Waals surface area contributed by atoms with Crippen LogP contribution in [-0.2, 0) is 0 Å². The van der Waals surface area contributed by atoms with Crippen molar-refractivity contribution < 1.29 is 0 Å². The number of fused-ring (bicyclic) bond motifs is 1. The first-order chi connectivity index (χ1) is 7.29. The lowest BCUT2D eigenvalue weighted by molar-refractivity contribution is 0.988. The molecular formula is C13H14N2. The van der Waals surface area contributed by atoms with Crippen LogP contribution in [0.5, 0.6) is 0 Å². The average Bonchev–Trinajstić information content (AvgIpc) is 2.29. The summed E-state index contributed by atoms with van der Waals surface area (Å²) in [6.07, 6.45) is 1.86. The molecule has 1 unspecified atom stereocenters. The SMILES string of the molecule is C=CC(C)Nc1ccc2ccccc2n1. The molecule has 0 aliphatic carbocycles. The Labute approximate surface area is 89.7 Å². The number of rotatable bonds is 3. The van der Waals surface area contributed by atoms with E-state index in [0.29, 0.717) is 0 Å². The molecule has 1 aromatic heterocycles. The maximum atomic E-state index is 4.50. The Kier molecular flexibility index (Phi) is 2.68. The Balaban J connectivity index is 2.34. The molecule has 0 saturated heterocycles. The van der Waals surface area contributed by atoms with Gasteiger partial charge in [-0.25, -0.2) is 4.98 Å². The van der Waals surface area contributed by atoms with Crippen molar-refractivity contribution in [2.75, 3.05) is 5.32 Å². The Morgan fingerprint density at radius 1 is 1.27 bits per heavy atom. The van der Waals surface area contributed by atoms with Gasteiger partial charge in [-0.1, -0.05) is 24.3 Å². The maximum absolute atomic E-state index is 4.50. The Hall–Kier alpha value is -1.83.